The van der Waals surface area contributed by atoms with Crippen LogP contribution in [0.2, 0.25) is 0 Å². The number of carbonyl (C=O) groups excluding carboxylic acids is 1. The predicted octanol–water partition coefficient (Wildman–Crippen LogP) is 2.14. The average molecular weight is 193 g/mol. The van der Waals surface area contributed by atoms with E-state index in [0.717, 1.165) is 13.0 Å². The lowest BCUT2D eigenvalue weighted by molar-refractivity contribution is -0.131. The van der Waals surface area contributed by atoms with Crippen molar-refractivity contribution in [2.24, 2.45) is 0 Å². The summed E-state index contributed by atoms with van der Waals surface area (Å²) >= 11 is 0. The SMILES string of the molecule is CC(=O)Oc1cc2n(c1)CCCCC2. The van der Waals surface area contributed by atoms with Crippen LogP contribution in [-0.4, -0.2) is 10.5 Å². The van der Waals surface area contributed by atoms with Crippen molar-refractivity contribution in [1.82, 2.24) is 4.57 Å². The van der Waals surface area contributed by atoms with Gasteiger partial charge in [0.25, 0.3) is 0 Å². The van der Waals surface area contributed by atoms with Gasteiger partial charge < -0.3 is 9.30 Å². The highest BCUT2D eigenvalue weighted by Gasteiger charge is 2.10. The Morgan fingerprint density at radius 1 is 1.43 bits per heavy atom. The molecule has 0 radical (unpaired) electrons. The molecule has 0 unspecified atom stereocenters. The third-order valence-corrected chi connectivity index (χ3v) is 2.55. The molecule has 3 nitrogen and oxygen atoms in total. The molecule has 0 saturated carbocycles. The molecule has 1 aromatic heterocycles. The summed E-state index contributed by atoms with van der Waals surface area (Å²) in [5.74, 6) is 0.445. The van der Waals surface area contributed by atoms with Crippen LogP contribution in [0.1, 0.15) is 31.9 Å². The zero-order valence-corrected chi connectivity index (χ0v) is 8.45. The lowest BCUT2D eigenvalue weighted by Gasteiger charge is -2.01. The van der Waals surface area contributed by atoms with Gasteiger partial charge in [0, 0.05) is 31.4 Å². The van der Waals surface area contributed by atoms with Crippen molar-refractivity contribution < 1.29 is 9.53 Å². The van der Waals surface area contributed by atoms with Crippen LogP contribution in [0.15, 0.2) is 12.3 Å². The smallest absolute Gasteiger partial charge is 0.308 e. The number of aryl methyl sites for hydroxylation is 2. The quantitative estimate of drug-likeness (QED) is 0.640. The van der Waals surface area contributed by atoms with Crippen molar-refractivity contribution in [1.29, 1.82) is 0 Å². The first-order valence-electron chi connectivity index (χ1n) is 5.13. The van der Waals surface area contributed by atoms with Gasteiger partial charge in [0.15, 0.2) is 0 Å². The predicted molar refractivity (Wildman–Crippen MR) is 53.3 cm³/mol. The second-order valence-corrected chi connectivity index (χ2v) is 3.76. The van der Waals surface area contributed by atoms with E-state index in [9.17, 15) is 4.79 Å². The number of esters is 1. The van der Waals surface area contributed by atoms with Gasteiger partial charge in [0.1, 0.15) is 5.75 Å². The van der Waals surface area contributed by atoms with Crippen LogP contribution in [0.25, 0.3) is 0 Å². The Hall–Kier alpha value is -1.25. The van der Waals surface area contributed by atoms with Gasteiger partial charge in [-0.2, -0.15) is 0 Å². The maximum atomic E-state index is 10.8. The number of rotatable bonds is 1. The van der Waals surface area contributed by atoms with E-state index >= 15 is 0 Å². The molecule has 3 heteroatoms. The third kappa shape index (κ3) is 1.97. The second kappa shape index (κ2) is 3.86. The number of carbonyl (C=O) groups is 1. The van der Waals surface area contributed by atoms with Crippen LogP contribution in [0.3, 0.4) is 0 Å². The summed E-state index contributed by atoms with van der Waals surface area (Å²) < 4.78 is 7.25. The minimum absolute atomic E-state index is 0.245. The van der Waals surface area contributed by atoms with Gasteiger partial charge in [-0.1, -0.05) is 6.42 Å². The van der Waals surface area contributed by atoms with E-state index in [1.54, 1.807) is 0 Å². The Morgan fingerprint density at radius 3 is 3.07 bits per heavy atom. The summed E-state index contributed by atoms with van der Waals surface area (Å²) in [4.78, 5) is 10.8. The molecule has 0 N–H and O–H groups in total. The van der Waals surface area contributed by atoms with E-state index in [-0.39, 0.29) is 5.97 Å². The molecule has 2 rings (SSSR count). The van der Waals surface area contributed by atoms with Crippen LogP contribution < -0.4 is 4.74 Å². The van der Waals surface area contributed by atoms with Gasteiger partial charge >= 0.3 is 5.97 Å². The van der Waals surface area contributed by atoms with E-state index < -0.39 is 0 Å². The van der Waals surface area contributed by atoms with Crippen molar-refractivity contribution in [3.8, 4) is 5.75 Å². The van der Waals surface area contributed by atoms with Gasteiger partial charge in [-0.3, -0.25) is 4.79 Å². The van der Waals surface area contributed by atoms with Crippen molar-refractivity contribution in [2.45, 2.75) is 39.2 Å². The number of ether oxygens (including phenoxy) is 1. The maximum absolute atomic E-state index is 10.8. The van der Waals surface area contributed by atoms with Gasteiger partial charge in [-0.25, -0.2) is 0 Å². The lowest BCUT2D eigenvalue weighted by atomic mass is 10.2. The van der Waals surface area contributed by atoms with E-state index in [0.29, 0.717) is 5.75 Å². The summed E-state index contributed by atoms with van der Waals surface area (Å²) in [7, 11) is 0. The van der Waals surface area contributed by atoms with E-state index in [4.69, 9.17) is 4.74 Å². The third-order valence-electron chi connectivity index (χ3n) is 2.55. The molecule has 0 aromatic carbocycles. The zero-order valence-electron chi connectivity index (χ0n) is 8.45. The molecule has 0 aliphatic carbocycles. The van der Waals surface area contributed by atoms with Crippen LogP contribution in [0, 0.1) is 0 Å². The first-order valence-corrected chi connectivity index (χ1v) is 5.13. The van der Waals surface area contributed by atoms with Gasteiger partial charge in [-0.05, 0) is 19.3 Å². The highest BCUT2D eigenvalue weighted by Crippen LogP contribution is 2.22. The topological polar surface area (TPSA) is 31.2 Å². The number of fused-ring (bicyclic) bond motifs is 1. The molecule has 0 amide bonds. The molecule has 1 aliphatic rings. The minimum atomic E-state index is -0.245. The summed E-state index contributed by atoms with van der Waals surface area (Å²) in [5, 5.41) is 0. The molecule has 76 valence electrons. The fourth-order valence-electron chi connectivity index (χ4n) is 1.93. The van der Waals surface area contributed by atoms with E-state index in [1.165, 1.54) is 31.9 Å². The lowest BCUT2D eigenvalue weighted by Crippen LogP contribution is -2.00. The number of nitrogens with zero attached hydrogens (tertiary/aromatic N) is 1. The zero-order chi connectivity index (χ0) is 9.97. The van der Waals surface area contributed by atoms with Gasteiger partial charge in [-0.15, -0.1) is 0 Å². The summed E-state index contributed by atoms with van der Waals surface area (Å²) in [6.45, 7) is 2.49. The molecule has 1 aliphatic heterocycles. The first-order chi connectivity index (χ1) is 6.75. The van der Waals surface area contributed by atoms with Crippen LogP contribution in [-0.2, 0) is 17.8 Å². The Labute approximate surface area is 83.7 Å². The maximum Gasteiger partial charge on any atom is 0.308 e. The summed E-state index contributed by atoms with van der Waals surface area (Å²) in [6, 6.07) is 1.98. The number of hydrogen-bond acceptors (Lipinski definition) is 2. The normalized spacial score (nSPS) is 15.8. The van der Waals surface area contributed by atoms with E-state index in [2.05, 4.69) is 4.57 Å². The summed E-state index contributed by atoms with van der Waals surface area (Å²) in [5.41, 5.74) is 1.29. The molecular weight excluding hydrogens is 178 g/mol. The first kappa shape index (κ1) is 9.31. The van der Waals surface area contributed by atoms with Gasteiger partial charge in [0.05, 0.1) is 0 Å². The Kier molecular flexibility index (Phi) is 2.57. The van der Waals surface area contributed by atoms with E-state index in [1.807, 2.05) is 12.3 Å². The van der Waals surface area contributed by atoms with Crippen LogP contribution in [0.4, 0.5) is 0 Å². The molecule has 0 saturated heterocycles. The summed E-state index contributed by atoms with van der Waals surface area (Å²) in [6.07, 6.45) is 6.79. The molecule has 1 aromatic rings. The minimum Gasteiger partial charge on any atom is -0.425 e. The number of aromatic nitrogens is 1. The Bertz CT molecular complexity index is 318. The fourth-order valence-corrected chi connectivity index (χ4v) is 1.93. The fraction of sp³-hybridized carbons (Fsp3) is 0.545. The molecule has 0 bridgehead atoms. The standard InChI is InChI=1S/C11H15NO2/c1-9(13)14-11-7-10-5-3-2-4-6-12(10)8-11/h7-8H,2-6H2,1H3. The van der Waals surface area contributed by atoms with Crippen molar-refractivity contribution in [2.75, 3.05) is 0 Å². The molecule has 0 fully saturated rings. The average Bonchev–Trinajstić information content (AvgIpc) is 2.34. The second-order valence-electron chi connectivity index (χ2n) is 3.76. The largest absolute Gasteiger partial charge is 0.425 e. The highest BCUT2D eigenvalue weighted by molar-refractivity contribution is 5.69. The van der Waals surface area contributed by atoms with Crippen LogP contribution in [0.5, 0.6) is 5.75 Å². The van der Waals surface area contributed by atoms with Crippen LogP contribution >= 0.6 is 0 Å². The molecule has 14 heavy (non-hydrogen) atoms. The molecule has 0 atom stereocenters. The monoisotopic (exact) mass is 193 g/mol. The van der Waals surface area contributed by atoms with Gasteiger partial charge in [0.2, 0.25) is 0 Å². The Morgan fingerprint density at radius 2 is 2.29 bits per heavy atom. The molecule has 0 spiro atoms. The molecule has 2 heterocycles. The Balaban J connectivity index is 2.18. The van der Waals surface area contributed by atoms with Crippen molar-refractivity contribution in [3.05, 3.63) is 18.0 Å². The van der Waals surface area contributed by atoms with Crippen molar-refractivity contribution >= 4 is 5.97 Å². The highest BCUT2D eigenvalue weighted by atomic mass is 16.5. The number of hydrogen-bond donors (Lipinski definition) is 0. The van der Waals surface area contributed by atoms with Crippen molar-refractivity contribution in [3.63, 3.8) is 0 Å². The molecular formula is C11H15NO2.